The maximum Gasteiger partial charge on any atom is 0.309 e. The number of likely N-dealkylation sites (N-methyl/N-ethyl adjacent to an activating group) is 2. The first-order chi connectivity index (χ1) is 12.2. The van der Waals surface area contributed by atoms with Gasteiger partial charge < -0.3 is 26.2 Å². The molecule has 0 saturated carbocycles. The summed E-state index contributed by atoms with van der Waals surface area (Å²) in [6.07, 6.45) is 0.768. The number of nitrogens with zero attached hydrogens (tertiary/aromatic N) is 3. The third-order valence-corrected chi connectivity index (χ3v) is 4.93. The van der Waals surface area contributed by atoms with Crippen LogP contribution < -0.4 is 16.4 Å². The van der Waals surface area contributed by atoms with Crippen LogP contribution in [0.5, 0.6) is 0 Å². The highest BCUT2D eigenvalue weighted by atomic mass is 35.5. The number of nitrogens with two attached hydrogens (primary N) is 1. The summed E-state index contributed by atoms with van der Waals surface area (Å²) in [7, 11) is 5.04. The molecule has 0 aromatic carbocycles. The largest absolute Gasteiger partial charge is 0.361 e. The smallest absolute Gasteiger partial charge is 0.309 e. The van der Waals surface area contributed by atoms with Crippen LogP contribution in [0.3, 0.4) is 0 Å². The minimum atomic E-state index is -1.16. The number of halogens is 1. The summed E-state index contributed by atoms with van der Waals surface area (Å²) in [6.45, 7) is 1.35. The molecule has 0 radical (unpaired) electrons. The summed E-state index contributed by atoms with van der Waals surface area (Å²) in [5.74, 6) is -3.11. The van der Waals surface area contributed by atoms with Gasteiger partial charge in [0.05, 0.1) is 5.69 Å². The average Bonchev–Trinajstić information content (AvgIpc) is 3.00. The summed E-state index contributed by atoms with van der Waals surface area (Å²) in [5.41, 5.74) is 5.77. The van der Waals surface area contributed by atoms with Crippen LogP contribution in [-0.2, 0) is 27.3 Å². The predicted octanol–water partition coefficient (Wildman–Crippen LogP) is -1.66. The van der Waals surface area contributed by atoms with Gasteiger partial charge in [-0.05, 0) is 7.05 Å². The van der Waals surface area contributed by atoms with Gasteiger partial charge in [0.25, 0.3) is 5.91 Å². The van der Waals surface area contributed by atoms with Crippen molar-refractivity contribution in [2.45, 2.75) is 19.0 Å². The number of amides is 4. The highest BCUT2D eigenvalue weighted by molar-refractivity contribution is 7.13. The molecule has 1 aromatic rings. The molecule has 0 unspecified atom stereocenters. The van der Waals surface area contributed by atoms with Crippen molar-refractivity contribution in [3.05, 3.63) is 15.6 Å². The number of rotatable bonds is 5. The van der Waals surface area contributed by atoms with Crippen LogP contribution in [0.25, 0.3) is 0 Å². The van der Waals surface area contributed by atoms with E-state index in [9.17, 15) is 19.2 Å². The molecule has 27 heavy (non-hydrogen) atoms. The lowest BCUT2D eigenvalue weighted by Gasteiger charge is -2.21. The standard InChI is InChI=1S/C15H22N6O4S.ClH/c1-20(2)15(25)9(6-17-12(23)11(16)22)18-13(24)14-19-8-4-5-21(3)7-10(8)26-14;/h9H,4-7H2,1-3H3,(H2,16,22)(H,17,23)(H,18,24);1H/t9-;/m1./s1. The second-order valence-corrected chi connectivity index (χ2v) is 7.29. The Hall–Kier alpha value is -2.24. The predicted molar refractivity (Wildman–Crippen MR) is 102 cm³/mol. The van der Waals surface area contributed by atoms with Gasteiger partial charge in [-0.2, -0.15) is 0 Å². The van der Waals surface area contributed by atoms with Crippen molar-refractivity contribution >= 4 is 47.4 Å². The van der Waals surface area contributed by atoms with Crippen molar-refractivity contribution in [2.75, 3.05) is 34.2 Å². The van der Waals surface area contributed by atoms with Crippen LogP contribution in [-0.4, -0.2) is 78.7 Å². The molecule has 2 rings (SSSR count). The topological polar surface area (TPSA) is 138 Å². The molecule has 1 aromatic heterocycles. The molecule has 150 valence electrons. The fourth-order valence-electron chi connectivity index (χ4n) is 2.43. The minimum Gasteiger partial charge on any atom is -0.361 e. The third-order valence-electron chi connectivity index (χ3n) is 3.85. The van der Waals surface area contributed by atoms with E-state index in [1.807, 2.05) is 7.05 Å². The average molecular weight is 419 g/mol. The molecular weight excluding hydrogens is 396 g/mol. The zero-order chi connectivity index (χ0) is 19.4. The third kappa shape index (κ3) is 5.88. The zero-order valence-electron chi connectivity index (χ0n) is 15.3. The number of aromatic nitrogens is 1. The van der Waals surface area contributed by atoms with Crippen molar-refractivity contribution in [2.24, 2.45) is 5.73 Å². The molecule has 1 aliphatic heterocycles. The van der Waals surface area contributed by atoms with Crippen molar-refractivity contribution in [1.29, 1.82) is 0 Å². The van der Waals surface area contributed by atoms with Crippen LogP contribution in [0.2, 0.25) is 0 Å². The Bertz CT molecular complexity index is 738. The Balaban J connectivity index is 0.00000364. The molecular formula is C15H23ClN6O4S. The van der Waals surface area contributed by atoms with E-state index in [0.717, 1.165) is 30.1 Å². The van der Waals surface area contributed by atoms with Crippen molar-refractivity contribution in [1.82, 2.24) is 25.4 Å². The Kier molecular flexibility index (Phi) is 8.13. The lowest BCUT2D eigenvalue weighted by molar-refractivity contribution is -0.137. The van der Waals surface area contributed by atoms with E-state index in [4.69, 9.17) is 5.73 Å². The fourth-order valence-corrected chi connectivity index (χ4v) is 3.53. The monoisotopic (exact) mass is 418 g/mol. The van der Waals surface area contributed by atoms with E-state index >= 15 is 0 Å². The van der Waals surface area contributed by atoms with Crippen molar-refractivity contribution in [3.8, 4) is 0 Å². The van der Waals surface area contributed by atoms with Gasteiger partial charge in [-0.3, -0.25) is 19.2 Å². The maximum absolute atomic E-state index is 12.5. The number of carbonyl (C=O) groups is 4. The van der Waals surface area contributed by atoms with E-state index in [1.165, 1.54) is 30.3 Å². The number of fused-ring (bicyclic) bond motifs is 1. The Morgan fingerprint density at radius 2 is 2.00 bits per heavy atom. The van der Waals surface area contributed by atoms with Gasteiger partial charge in [0.15, 0.2) is 5.01 Å². The Morgan fingerprint density at radius 1 is 1.33 bits per heavy atom. The molecule has 0 fully saturated rings. The number of primary amides is 1. The molecule has 0 aliphatic carbocycles. The quantitative estimate of drug-likeness (QED) is 0.489. The SMILES string of the molecule is CN1CCc2nc(C(=O)N[C@H](CNC(=O)C(N)=O)C(=O)N(C)C)sc2C1.Cl. The molecule has 0 saturated heterocycles. The van der Waals surface area contributed by atoms with Gasteiger partial charge in [-0.25, -0.2) is 4.98 Å². The Labute approximate surface area is 166 Å². The maximum atomic E-state index is 12.5. The summed E-state index contributed by atoms with van der Waals surface area (Å²) in [6, 6.07) is -1.04. The molecule has 0 bridgehead atoms. The minimum absolute atomic E-state index is 0. The molecule has 2 heterocycles. The van der Waals surface area contributed by atoms with Gasteiger partial charge in [-0.15, -0.1) is 23.7 Å². The molecule has 10 nitrogen and oxygen atoms in total. The summed E-state index contributed by atoms with van der Waals surface area (Å²) >= 11 is 1.29. The van der Waals surface area contributed by atoms with Crippen molar-refractivity contribution < 1.29 is 19.2 Å². The number of thiazole rings is 1. The fraction of sp³-hybridized carbons (Fsp3) is 0.533. The lowest BCUT2D eigenvalue weighted by atomic mass is 10.2. The summed E-state index contributed by atoms with van der Waals surface area (Å²) in [4.78, 5) is 55.7. The summed E-state index contributed by atoms with van der Waals surface area (Å²) < 4.78 is 0. The number of hydrogen-bond donors (Lipinski definition) is 3. The Morgan fingerprint density at radius 3 is 2.59 bits per heavy atom. The van der Waals surface area contributed by atoms with Crippen LogP contribution in [0, 0.1) is 0 Å². The molecule has 12 heteroatoms. The normalized spacial score (nSPS) is 14.3. The van der Waals surface area contributed by atoms with Gasteiger partial charge in [0.2, 0.25) is 5.91 Å². The number of hydrogen-bond acceptors (Lipinski definition) is 7. The first-order valence-corrected chi connectivity index (χ1v) is 8.77. The van der Waals surface area contributed by atoms with E-state index < -0.39 is 29.7 Å². The van der Waals surface area contributed by atoms with Crippen LogP contribution in [0.15, 0.2) is 0 Å². The zero-order valence-corrected chi connectivity index (χ0v) is 16.9. The van der Waals surface area contributed by atoms with Gasteiger partial charge >= 0.3 is 11.8 Å². The molecule has 1 atom stereocenters. The number of nitrogens with one attached hydrogen (secondary N) is 2. The van der Waals surface area contributed by atoms with Crippen molar-refractivity contribution in [3.63, 3.8) is 0 Å². The second-order valence-electron chi connectivity index (χ2n) is 6.21. The molecule has 0 spiro atoms. The van der Waals surface area contributed by atoms with Crippen LogP contribution in [0.4, 0.5) is 0 Å². The molecule has 4 amide bonds. The lowest BCUT2D eigenvalue weighted by Crippen LogP contribution is -2.53. The first-order valence-electron chi connectivity index (χ1n) is 7.95. The van der Waals surface area contributed by atoms with E-state index in [-0.39, 0.29) is 24.0 Å². The molecule has 4 N–H and O–H groups in total. The first kappa shape index (κ1) is 22.8. The van der Waals surface area contributed by atoms with E-state index in [0.29, 0.717) is 0 Å². The van der Waals surface area contributed by atoms with E-state index in [1.54, 1.807) is 0 Å². The second kappa shape index (κ2) is 9.62. The van der Waals surface area contributed by atoms with E-state index in [2.05, 4.69) is 20.5 Å². The van der Waals surface area contributed by atoms with Crippen LogP contribution in [0.1, 0.15) is 20.4 Å². The molecule has 1 aliphatic rings. The van der Waals surface area contributed by atoms with Gasteiger partial charge in [0.1, 0.15) is 6.04 Å². The summed E-state index contributed by atoms with van der Waals surface area (Å²) in [5, 5.41) is 5.06. The van der Waals surface area contributed by atoms with Gasteiger partial charge in [-0.1, -0.05) is 0 Å². The van der Waals surface area contributed by atoms with Gasteiger partial charge in [0, 0.05) is 45.0 Å². The number of carbonyl (C=O) groups excluding carboxylic acids is 4. The van der Waals surface area contributed by atoms with Crippen LogP contribution >= 0.6 is 23.7 Å². The highest BCUT2D eigenvalue weighted by Gasteiger charge is 2.27. The highest BCUT2D eigenvalue weighted by Crippen LogP contribution is 2.24.